The smallest absolute Gasteiger partial charge is 0.419 e. The number of hydrogen-bond donors (Lipinski definition) is 0. The van der Waals surface area contributed by atoms with Gasteiger partial charge in [0.25, 0.3) is 0 Å². The summed E-state index contributed by atoms with van der Waals surface area (Å²) < 4.78 is 9.51. The Labute approximate surface area is 180 Å². The van der Waals surface area contributed by atoms with Gasteiger partial charge in [0.15, 0.2) is 13.2 Å². The van der Waals surface area contributed by atoms with Crippen LogP contribution in [0.1, 0.15) is 92.9 Å². The summed E-state index contributed by atoms with van der Waals surface area (Å²) in [7, 11) is 0. The quantitative estimate of drug-likeness (QED) is 0.111. The van der Waals surface area contributed by atoms with Crippen LogP contribution in [0.3, 0.4) is 0 Å². The van der Waals surface area contributed by atoms with E-state index in [1.165, 1.54) is 0 Å². The molecule has 0 aromatic carbocycles. The average molecular weight is 431 g/mol. The lowest BCUT2D eigenvalue weighted by Gasteiger charge is -2.22. The molecule has 0 radical (unpaired) electrons. The van der Waals surface area contributed by atoms with Gasteiger partial charge in [0, 0.05) is 0 Å². The largest absolute Gasteiger partial charge is 0.541 e. The fourth-order valence-electron chi connectivity index (χ4n) is 2.32. The molecule has 0 N–H and O–H groups in total. The fourth-order valence-corrected chi connectivity index (χ4v) is 2.32. The summed E-state index contributed by atoms with van der Waals surface area (Å²) in [5, 5.41) is 0. The molecule has 0 aromatic heterocycles. The first-order valence-electron chi connectivity index (χ1n) is 10.6. The van der Waals surface area contributed by atoms with Crippen LogP contribution >= 0.6 is 0 Å². The highest BCUT2D eigenvalue weighted by Crippen LogP contribution is 2.20. The Morgan fingerprint density at radius 3 is 1.37 bits per heavy atom. The molecule has 0 aliphatic heterocycles. The molecule has 30 heavy (non-hydrogen) atoms. The highest BCUT2D eigenvalue weighted by atomic mass is 17.2. The zero-order chi connectivity index (χ0) is 22.9. The summed E-state index contributed by atoms with van der Waals surface area (Å²) >= 11 is 0. The van der Waals surface area contributed by atoms with Gasteiger partial charge in [-0.1, -0.05) is 64.2 Å². The van der Waals surface area contributed by atoms with Gasteiger partial charge in [-0.2, -0.15) is 9.78 Å². The van der Waals surface area contributed by atoms with E-state index in [0.717, 1.165) is 51.4 Å². The van der Waals surface area contributed by atoms with Gasteiger partial charge in [-0.3, -0.25) is 9.78 Å². The lowest BCUT2D eigenvalue weighted by molar-refractivity contribution is -0.318. The first-order chi connectivity index (χ1) is 14.1. The highest BCUT2D eigenvalue weighted by molar-refractivity contribution is 5.59. The van der Waals surface area contributed by atoms with Gasteiger partial charge >= 0.3 is 12.3 Å². The van der Waals surface area contributed by atoms with Gasteiger partial charge in [0.2, 0.25) is 0 Å². The molecule has 174 valence electrons. The van der Waals surface area contributed by atoms with E-state index < -0.39 is 23.5 Å². The predicted octanol–water partition coefficient (Wildman–Crippen LogP) is 5.88. The zero-order valence-electron chi connectivity index (χ0n) is 19.3. The van der Waals surface area contributed by atoms with Gasteiger partial charge in [-0.15, -0.1) is 0 Å². The van der Waals surface area contributed by atoms with Crippen molar-refractivity contribution in [3.8, 4) is 11.8 Å². The molecule has 0 atom stereocenters. The molecular formula is C22H38O8. The second-order valence-electron chi connectivity index (χ2n) is 8.20. The first kappa shape index (κ1) is 28.0. The molecule has 0 heterocycles. The normalized spacial score (nSPS) is 11.3. The Kier molecular flexibility index (Phi) is 14.8. The van der Waals surface area contributed by atoms with Crippen molar-refractivity contribution < 1.29 is 38.6 Å². The third kappa shape index (κ3) is 16.9. The van der Waals surface area contributed by atoms with E-state index in [9.17, 15) is 9.59 Å². The van der Waals surface area contributed by atoms with Crippen molar-refractivity contribution in [1.29, 1.82) is 0 Å². The highest BCUT2D eigenvalue weighted by Gasteiger charge is 2.23. The summed E-state index contributed by atoms with van der Waals surface area (Å²) in [6, 6.07) is 0. The molecule has 0 saturated heterocycles. The molecule has 8 heteroatoms. The molecule has 0 bridgehead atoms. The minimum Gasteiger partial charge on any atom is -0.419 e. The van der Waals surface area contributed by atoms with Crippen LogP contribution in [0.4, 0.5) is 9.59 Å². The molecule has 0 aliphatic carbocycles. The average Bonchev–Trinajstić information content (AvgIpc) is 2.68. The molecule has 0 saturated carbocycles. The standard InChI is InChI=1S/C22H38O8/c1-7-9-11-15-21(3,4)29-27-19(23)25-17-13-14-18-26-20(24)28-30-22(5,6)16-12-10-8-2/h7-12,15-18H2,1-6H3. The van der Waals surface area contributed by atoms with Crippen LogP contribution in [0.5, 0.6) is 0 Å². The van der Waals surface area contributed by atoms with Crippen molar-refractivity contribution in [1.82, 2.24) is 0 Å². The molecule has 0 aromatic rings. The number of carbonyl (C=O) groups is 2. The lowest BCUT2D eigenvalue weighted by atomic mass is 10.0. The summed E-state index contributed by atoms with van der Waals surface area (Å²) in [5.74, 6) is 5.03. The third-order valence-electron chi connectivity index (χ3n) is 4.08. The summed E-state index contributed by atoms with van der Waals surface area (Å²) in [4.78, 5) is 42.4. The van der Waals surface area contributed by atoms with Crippen LogP contribution in [-0.4, -0.2) is 36.7 Å². The lowest BCUT2D eigenvalue weighted by Crippen LogP contribution is -2.26. The van der Waals surface area contributed by atoms with Gasteiger partial charge in [-0.25, -0.2) is 9.59 Å². The monoisotopic (exact) mass is 430 g/mol. The number of ether oxygens (including phenoxy) is 2. The Morgan fingerprint density at radius 1 is 0.667 bits per heavy atom. The SMILES string of the molecule is CCCCCC(C)(C)OOC(=O)OCC#CCOC(=O)OOC(C)(C)CCCCC. The summed E-state index contributed by atoms with van der Waals surface area (Å²) in [6.07, 6.45) is 5.91. The molecule has 0 amide bonds. The Hall–Kier alpha value is -1.98. The number of unbranched alkanes of at least 4 members (excludes halogenated alkanes) is 4. The van der Waals surface area contributed by atoms with Gasteiger partial charge in [0.05, 0.1) is 0 Å². The summed E-state index contributed by atoms with van der Waals surface area (Å²) in [5.41, 5.74) is -1.17. The molecule has 8 nitrogen and oxygen atoms in total. The topological polar surface area (TPSA) is 89.5 Å². The second kappa shape index (κ2) is 15.8. The fraction of sp³-hybridized carbons (Fsp3) is 0.818. The molecule has 0 fully saturated rings. The maximum atomic E-state index is 11.5. The van der Waals surface area contributed by atoms with Crippen molar-refractivity contribution in [3.05, 3.63) is 0 Å². The maximum absolute atomic E-state index is 11.5. The van der Waals surface area contributed by atoms with Gasteiger partial charge in [0.1, 0.15) is 11.2 Å². The number of rotatable bonds is 14. The third-order valence-corrected chi connectivity index (χ3v) is 4.08. The predicted molar refractivity (Wildman–Crippen MR) is 111 cm³/mol. The number of hydrogen-bond acceptors (Lipinski definition) is 8. The van der Waals surface area contributed by atoms with E-state index in [-0.39, 0.29) is 13.2 Å². The molecule has 0 rings (SSSR count). The molecular weight excluding hydrogens is 392 g/mol. The Balaban J connectivity index is 3.89. The van der Waals surface area contributed by atoms with E-state index in [2.05, 4.69) is 35.5 Å². The number of carbonyl (C=O) groups excluding carboxylic acids is 2. The van der Waals surface area contributed by atoms with Crippen molar-refractivity contribution >= 4 is 12.3 Å². The maximum Gasteiger partial charge on any atom is 0.541 e. The van der Waals surface area contributed by atoms with Crippen molar-refractivity contribution in [3.63, 3.8) is 0 Å². The van der Waals surface area contributed by atoms with Gasteiger partial charge < -0.3 is 9.47 Å². The first-order valence-corrected chi connectivity index (χ1v) is 10.6. The minimum atomic E-state index is -0.980. The van der Waals surface area contributed by atoms with Crippen LogP contribution < -0.4 is 0 Å². The van der Waals surface area contributed by atoms with Crippen molar-refractivity contribution in [2.24, 2.45) is 0 Å². The van der Waals surface area contributed by atoms with E-state index in [1.54, 1.807) is 0 Å². The summed E-state index contributed by atoms with van der Waals surface area (Å²) in [6.45, 7) is 11.1. The van der Waals surface area contributed by atoms with E-state index in [4.69, 9.17) is 19.2 Å². The van der Waals surface area contributed by atoms with E-state index in [0.29, 0.717) is 0 Å². The van der Waals surface area contributed by atoms with Crippen LogP contribution in [0, 0.1) is 11.8 Å². The van der Waals surface area contributed by atoms with Crippen molar-refractivity contribution in [2.75, 3.05) is 13.2 Å². The van der Waals surface area contributed by atoms with Gasteiger partial charge in [-0.05, 0) is 40.5 Å². The Bertz CT molecular complexity index is 499. The Morgan fingerprint density at radius 2 is 1.03 bits per heavy atom. The minimum absolute atomic E-state index is 0.224. The van der Waals surface area contributed by atoms with E-state index >= 15 is 0 Å². The van der Waals surface area contributed by atoms with Crippen LogP contribution in [0.15, 0.2) is 0 Å². The van der Waals surface area contributed by atoms with Crippen LogP contribution in [-0.2, 0) is 29.0 Å². The van der Waals surface area contributed by atoms with E-state index in [1.807, 2.05) is 27.7 Å². The second-order valence-corrected chi connectivity index (χ2v) is 8.20. The van der Waals surface area contributed by atoms with Crippen LogP contribution in [0.25, 0.3) is 0 Å². The molecule has 0 unspecified atom stereocenters. The molecule has 0 aliphatic rings. The molecule has 0 spiro atoms. The van der Waals surface area contributed by atoms with Crippen LogP contribution in [0.2, 0.25) is 0 Å². The zero-order valence-corrected chi connectivity index (χ0v) is 19.3. The van der Waals surface area contributed by atoms with Crippen molar-refractivity contribution in [2.45, 2.75) is 104 Å².